The summed E-state index contributed by atoms with van der Waals surface area (Å²) in [7, 11) is 1.60. The molecule has 4 nitrogen and oxygen atoms in total. The second-order valence-corrected chi connectivity index (χ2v) is 7.08. The van der Waals surface area contributed by atoms with Crippen molar-refractivity contribution in [3.63, 3.8) is 0 Å². The fraction of sp³-hybridized carbons (Fsp3) is 0.556. The van der Waals surface area contributed by atoms with Crippen LogP contribution in [0.25, 0.3) is 0 Å². The van der Waals surface area contributed by atoms with Gasteiger partial charge in [0.1, 0.15) is 17.4 Å². The van der Waals surface area contributed by atoms with Crippen LogP contribution in [0.2, 0.25) is 0 Å². The van der Waals surface area contributed by atoms with Gasteiger partial charge in [0.2, 0.25) is 0 Å². The van der Waals surface area contributed by atoms with Crippen LogP contribution in [0, 0.1) is 20.8 Å². The van der Waals surface area contributed by atoms with Gasteiger partial charge in [0.05, 0.1) is 0 Å². The van der Waals surface area contributed by atoms with E-state index in [9.17, 15) is 9.59 Å². The third kappa shape index (κ3) is 3.67. The number of benzene rings is 1. The lowest BCUT2D eigenvalue weighted by Gasteiger charge is -2.37. The Bertz CT molecular complexity index is 563. The van der Waals surface area contributed by atoms with E-state index in [2.05, 4.69) is 0 Å². The maximum atomic E-state index is 12.4. The van der Waals surface area contributed by atoms with Crippen LogP contribution in [-0.4, -0.2) is 29.9 Å². The fourth-order valence-corrected chi connectivity index (χ4v) is 2.80. The van der Waals surface area contributed by atoms with Crippen molar-refractivity contribution in [2.75, 3.05) is 7.05 Å². The first-order valence-electron chi connectivity index (χ1n) is 7.44. The molecule has 0 aliphatic carbocycles. The van der Waals surface area contributed by atoms with Gasteiger partial charge in [-0.05, 0) is 65.2 Å². The largest absolute Gasteiger partial charge is 0.444 e. The highest BCUT2D eigenvalue weighted by Gasteiger charge is 2.38. The highest BCUT2D eigenvalue weighted by atomic mass is 16.6. The lowest BCUT2D eigenvalue weighted by Crippen LogP contribution is -2.49. The molecule has 22 heavy (non-hydrogen) atoms. The Balaban J connectivity index is 3.33. The number of aryl methyl sites for hydroxylation is 3. The van der Waals surface area contributed by atoms with E-state index in [0.717, 1.165) is 28.5 Å². The smallest absolute Gasteiger partial charge is 0.411 e. The molecule has 1 aromatic rings. The number of hydrogen-bond donors (Lipinski definition) is 0. The van der Waals surface area contributed by atoms with Crippen molar-refractivity contribution in [3.8, 4) is 0 Å². The molecule has 0 bridgehead atoms. The molecule has 1 aromatic carbocycles. The fourth-order valence-electron chi connectivity index (χ4n) is 2.80. The van der Waals surface area contributed by atoms with Crippen molar-refractivity contribution >= 4 is 12.4 Å². The molecular formula is C18H27NO3. The highest BCUT2D eigenvalue weighted by Crippen LogP contribution is 2.32. The monoisotopic (exact) mass is 305 g/mol. The van der Waals surface area contributed by atoms with Crippen LogP contribution in [0.5, 0.6) is 0 Å². The molecule has 122 valence electrons. The van der Waals surface area contributed by atoms with Gasteiger partial charge in [-0.3, -0.25) is 4.90 Å². The molecule has 0 N–H and O–H groups in total. The Morgan fingerprint density at radius 2 is 1.55 bits per heavy atom. The average Bonchev–Trinajstić information content (AvgIpc) is 2.34. The van der Waals surface area contributed by atoms with E-state index >= 15 is 0 Å². The number of likely N-dealkylation sites (N-methyl/N-ethyl adjacent to an activating group) is 1. The third-order valence-corrected chi connectivity index (χ3v) is 3.78. The molecule has 0 heterocycles. The van der Waals surface area contributed by atoms with Gasteiger partial charge < -0.3 is 9.53 Å². The molecule has 0 aliphatic rings. The molecule has 1 amide bonds. The summed E-state index contributed by atoms with van der Waals surface area (Å²) < 4.78 is 5.40. The van der Waals surface area contributed by atoms with Gasteiger partial charge in [0, 0.05) is 7.05 Å². The van der Waals surface area contributed by atoms with Gasteiger partial charge in [-0.2, -0.15) is 0 Å². The molecule has 0 spiro atoms. The van der Waals surface area contributed by atoms with Crippen LogP contribution >= 0.6 is 0 Å². The standard InChI is InChI=1S/C18H27NO3/c1-12-9-13(2)15(14(3)10-12)18(7,11-20)19(8)16(21)22-17(4,5)6/h9-11H,1-8H3. The van der Waals surface area contributed by atoms with Crippen LogP contribution in [0.4, 0.5) is 4.79 Å². The molecule has 0 saturated carbocycles. The summed E-state index contributed by atoms with van der Waals surface area (Å²) in [5.41, 5.74) is 2.29. The first kappa shape index (κ1) is 18.2. The number of amides is 1. The summed E-state index contributed by atoms with van der Waals surface area (Å²) in [6.07, 6.45) is 0.295. The van der Waals surface area contributed by atoms with Gasteiger partial charge in [-0.15, -0.1) is 0 Å². The number of aldehydes is 1. The van der Waals surface area contributed by atoms with Crippen molar-refractivity contribution in [1.82, 2.24) is 4.90 Å². The molecular weight excluding hydrogens is 278 g/mol. The second kappa shape index (κ2) is 6.11. The van der Waals surface area contributed by atoms with Gasteiger partial charge in [0.25, 0.3) is 0 Å². The summed E-state index contributed by atoms with van der Waals surface area (Å²) in [5.74, 6) is 0. The van der Waals surface area contributed by atoms with Gasteiger partial charge in [-0.25, -0.2) is 4.79 Å². The van der Waals surface area contributed by atoms with Crippen LogP contribution in [-0.2, 0) is 15.1 Å². The maximum Gasteiger partial charge on any atom is 0.411 e. The SMILES string of the molecule is Cc1cc(C)c(C(C)(C=O)N(C)C(=O)OC(C)(C)C)c(C)c1. The van der Waals surface area contributed by atoms with E-state index in [1.54, 1.807) is 34.7 Å². The lowest BCUT2D eigenvalue weighted by atomic mass is 9.84. The quantitative estimate of drug-likeness (QED) is 0.796. The second-order valence-electron chi connectivity index (χ2n) is 7.08. The van der Waals surface area contributed by atoms with Crippen molar-refractivity contribution in [3.05, 3.63) is 34.4 Å². The minimum atomic E-state index is -1.07. The predicted octanol–water partition coefficient (Wildman–Crippen LogP) is 3.89. The summed E-state index contributed by atoms with van der Waals surface area (Å²) >= 11 is 0. The van der Waals surface area contributed by atoms with Gasteiger partial charge >= 0.3 is 6.09 Å². The Morgan fingerprint density at radius 1 is 1.09 bits per heavy atom. The summed E-state index contributed by atoms with van der Waals surface area (Å²) in [6.45, 7) is 13.1. The average molecular weight is 305 g/mol. The Kier molecular flexibility index (Phi) is 5.06. The molecule has 0 aliphatic heterocycles. The molecule has 0 radical (unpaired) electrons. The van der Waals surface area contributed by atoms with E-state index in [1.165, 1.54) is 4.90 Å². The van der Waals surface area contributed by atoms with E-state index in [4.69, 9.17) is 4.74 Å². The number of ether oxygens (including phenoxy) is 1. The van der Waals surface area contributed by atoms with E-state index in [-0.39, 0.29) is 0 Å². The zero-order valence-corrected chi connectivity index (χ0v) is 14.9. The molecule has 1 unspecified atom stereocenters. The minimum absolute atomic E-state index is 0.513. The summed E-state index contributed by atoms with van der Waals surface area (Å²) in [4.78, 5) is 25.6. The lowest BCUT2D eigenvalue weighted by molar-refractivity contribution is -0.117. The van der Waals surface area contributed by atoms with Crippen LogP contribution in [0.15, 0.2) is 12.1 Å². The van der Waals surface area contributed by atoms with E-state index in [0.29, 0.717) is 0 Å². The number of carbonyl (C=O) groups is 2. The van der Waals surface area contributed by atoms with Crippen molar-refractivity contribution in [1.29, 1.82) is 0 Å². The summed E-state index contributed by atoms with van der Waals surface area (Å²) in [5, 5.41) is 0. The number of nitrogens with zero attached hydrogens (tertiary/aromatic N) is 1. The Labute approximate surface area is 133 Å². The van der Waals surface area contributed by atoms with Crippen LogP contribution < -0.4 is 0 Å². The van der Waals surface area contributed by atoms with Crippen LogP contribution in [0.3, 0.4) is 0 Å². The Hall–Kier alpha value is -1.84. The Morgan fingerprint density at radius 3 is 1.91 bits per heavy atom. The molecule has 0 saturated heterocycles. The molecule has 1 atom stereocenters. The molecule has 1 rings (SSSR count). The van der Waals surface area contributed by atoms with Crippen molar-refractivity contribution in [2.45, 2.75) is 59.6 Å². The first-order valence-corrected chi connectivity index (χ1v) is 7.44. The maximum absolute atomic E-state index is 12.4. The molecule has 4 heteroatoms. The predicted molar refractivity (Wildman–Crippen MR) is 88.1 cm³/mol. The summed E-state index contributed by atoms with van der Waals surface area (Å²) in [6, 6.07) is 4.04. The molecule has 0 aromatic heterocycles. The number of hydrogen-bond acceptors (Lipinski definition) is 3. The van der Waals surface area contributed by atoms with Crippen molar-refractivity contribution in [2.24, 2.45) is 0 Å². The van der Waals surface area contributed by atoms with Gasteiger partial charge in [0.15, 0.2) is 0 Å². The van der Waals surface area contributed by atoms with Gasteiger partial charge in [-0.1, -0.05) is 17.7 Å². The van der Waals surface area contributed by atoms with Crippen molar-refractivity contribution < 1.29 is 14.3 Å². The zero-order valence-electron chi connectivity index (χ0n) is 14.9. The normalized spacial score (nSPS) is 14.2. The number of carbonyl (C=O) groups excluding carboxylic acids is 2. The topological polar surface area (TPSA) is 46.6 Å². The first-order chi connectivity index (χ1) is 9.92. The molecule has 0 fully saturated rings. The highest BCUT2D eigenvalue weighted by molar-refractivity contribution is 5.79. The zero-order chi connectivity index (χ0) is 17.3. The minimum Gasteiger partial charge on any atom is -0.444 e. The van der Waals surface area contributed by atoms with E-state index in [1.807, 2.05) is 32.9 Å². The van der Waals surface area contributed by atoms with Crippen LogP contribution in [0.1, 0.15) is 49.9 Å². The number of rotatable bonds is 3. The third-order valence-electron chi connectivity index (χ3n) is 3.78. The van der Waals surface area contributed by atoms with E-state index < -0.39 is 17.2 Å².